The number of benzene rings is 1. The molecule has 0 saturated carbocycles. The highest BCUT2D eigenvalue weighted by atomic mass is 32.2. The molecule has 1 saturated heterocycles. The second-order valence-electron chi connectivity index (χ2n) is 4.76. The van der Waals surface area contributed by atoms with Crippen molar-refractivity contribution >= 4 is 29.1 Å². The van der Waals surface area contributed by atoms with Crippen LogP contribution in [0, 0.1) is 5.82 Å². The van der Waals surface area contributed by atoms with E-state index in [1.54, 1.807) is 6.07 Å². The van der Waals surface area contributed by atoms with E-state index >= 15 is 0 Å². The topological polar surface area (TPSA) is 63.1 Å². The molecule has 1 aromatic carbocycles. The Morgan fingerprint density at radius 2 is 2.27 bits per heavy atom. The van der Waals surface area contributed by atoms with Gasteiger partial charge in [-0.3, -0.25) is 4.79 Å². The lowest BCUT2D eigenvalue weighted by Crippen LogP contribution is -2.19. The number of nitrogens with one attached hydrogen (secondary N) is 1. The fourth-order valence-corrected chi connectivity index (χ4v) is 2.44. The minimum Gasteiger partial charge on any atom is -0.493 e. The van der Waals surface area contributed by atoms with E-state index in [0.29, 0.717) is 28.8 Å². The molecule has 0 atom stereocenters. The highest BCUT2D eigenvalue weighted by Gasteiger charge is 2.15. The van der Waals surface area contributed by atoms with Crippen LogP contribution >= 0.6 is 11.8 Å². The van der Waals surface area contributed by atoms with Crippen molar-refractivity contribution in [1.29, 1.82) is 0 Å². The molecule has 0 spiro atoms. The first-order chi connectivity index (χ1) is 10.7. The molecule has 1 heterocycles. The summed E-state index contributed by atoms with van der Waals surface area (Å²) in [6.45, 7) is 2.68. The van der Waals surface area contributed by atoms with Crippen molar-refractivity contribution in [3.8, 4) is 5.75 Å². The maximum Gasteiger partial charge on any atom is 0.236 e. The molecule has 1 aromatic rings. The van der Waals surface area contributed by atoms with Crippen LogP contribution in [0.4, 0.5) is 4.39 Å². The number of carbonyl (C=O) groups is 1. The van der Waals surface area contributed by atoms with Gasteiger partial charge in [0.2, 0.25) is 5.91 Å². The Kier molecular flexibility index (Phi) is 6.39. The predicted molar refractivity (Wildman–Crippen MR) is 87.0 cm³/mol. The minimum atomic E-state index is -0.384. The van der Waals surface area contributed by atoms with E-state index in [4.69, 9.17) is 4.74 Å². The maximum atomic E-state index is 13.5. The van der Waals surface area contributed by atoms with E-state index < -0.39 is 0 Å². The molecule has 2 rings (SSSR count). The molecule has 22 heavy (non-hydrogen) atoms. The van der Waals surface area contributed by atoms with Crippen LogP contribution in [0.3, 0.4) is 0 Å². The molecule has 0 aliphatic carbocycles. The van der Waals surface area contributed by atoms with Gasteiger partial charge in [0.15, 0.2) is 5.17 Å². The third kappa shape index (κ3) is 5.48. The summed E-state index contributed by atoms with van der Waals surface area (Å²) in [5, 5.41) is 10.7. The standard InChI is InChI=1S/C15H18FN3O2S/c1-2-3-4-5-21-13-7-11(6-12(16)8-13)9-17-19-15-18-14(20)10-22-15/h6-9H,2-5,10H2,1H3,(H,18,19,20). The van der Waals surface area contributed by atoms with Crippen molar-refractivity contribution in [3.05, 3.63) is 29.6 Å². The van der Waals surface area contributed by atoms with Crippen LogP contribution in [-0.4, -0.2) is 29.6 Å². The number of rotatable bonds is 7. The highest BCUT2D eigenvalue weighted by Crippen LogP contribution is 2.16. The first-order valence-electron chi connectivity index (χ1n) is 7.14. The molecule has 118 valence electrons. The monoisotopic (exact) mass is 323 g/mol. The van der Waals surface area contributed by atoms with Crippen molar-refractivity contribution in [2.24, 2.45) is 10.2 Å². The Bertz CT molecular complexity index is 590. The van der Waals surface area contributed by atoms with Crippen LogP contribution in [0.25, 0.3) is 0 Å². The SMILES string of the molecule is CCCCCOc1cc(F)cc(C=NN=C2NC(=O)CS2)c1. The third-order valence-corrected chi connectivity index (χ3v) is 3.72. The average molecular weight is 323 g/mol. The van der Waals surface area contributed by atoms with E-state index in [9.17, 15) is 9.18 Å². The molecular weight excluding hydrogens is 305 g/mol. The second-order valence-corrected chi connectivity index (χ2v) is 5.73. The number of unbranched alkanes of at least 4 members (excludes halogenated alkanes) is 2. The molecule has 1 N–H and O–H groups in total. The minimum absolute atomic E-state index is 0.0903. The van der Waals surface area contributed by atoms with Gasteiger partial charge in [-0.2, -0.15) is 5.10 Å². The van der Waals surface area contributed by atoms with Crippen LogP contribution in [0.1, 0.15) is 31.7 Å². The van der Waals surface area contributed by atoms with E-state index in [1.165, 1.54) is 30.1 Å². The third-order valence-electron chi connectivity index (χ3n) is 2.85. The number of amidine groups is 1. The summed E-state index contributed by atoms with van der Waals surface area (Å²) >= 11 is 1.28. The Balaban J connectivity index is 1.95. The van der Waals surface area contributed by atoms with Gasteiger partial charge >= 0.3 is 0 Å². The van der Waals surface area contributed by atoms with Crippen molar-refractivity contribution < 1.29 is 13.9 Å². The Labute approximate surface area is 133 Å². The molecule has 0 radical (unpaired) electrons. The summed E-state index contributed by atoms with van der Waals surface area (Å²) in [5.74, 6) is 0.358. The van der Waals surface area contributed by atoms with Gasteiger partial charge < -0.3 is 10.1 Å². The van der Waals surface area contributed by atoms with Crippen LogP contribution in [0.15, 0.2) is 28.4 Å². The fraction of sp³-hybridized carbons (Fsp3) is 0.400. The summed E-state index contributed by atoms with van der Waals surface area (Å²) < 4.78 is 19.1. The number of halogens is 1. The van der Waals surface area contributed by atoms with Gasteiger partial charge in [0.1, 0.15) is 11.6 Å². The summed E-state index contributed by atoms with van der Waals surface area (Å²) in [6, 6.07) is 4.41. The van der Waals surface area contributed by atoms with Crippen molar-refractivity contribution in [3.63, 3.8) is 0 Å². The number of thioether (sulfide) groups is 1. The van der Waals surface area contributed by atoms with Crippen LogP contribution in [0.2, 0.25) is 0 Å². The average Bonchev–Trinajstić information content (AvgIpc) is 2.89. The van der Waals surface area contributed by atoms with Crippen LogP contribution in [0.5, 0.6) is 5.75 Å². The molecular formula is C15H18FN3O2S. The molecule has 0 unspecified atom stereocenters. The lowest BCUT2D eigenvalue weighted by molar-refractivity contribution is -0.116. The van der Waals surface area contributed by atoms with Gasteiger partial charge in [0.25, 0.3) is 0 Å². The molecule has 1 aliphatic heterocycles. The molecule has 0 bridgehead atoms. The summed E-state index contributed by atoms with van der Waals surface area (Å²) in [5.41, 5.74) is 0.559. The lowest BCUT2D eigenvalue weighted by atomic mass is 10.2. The molecule has 5 nitrogen and oxygen atoms in total. The number of amides is 1. The first-order valence-corrected chi connectivity index (χ1v) is 8.13. The predicted octanol–water partition coefficient (Wildman–Crippen LogP) is 2.95. The van der Waals surface area contributed by atoms with E-state index in [2.05, 4.69) is 22.4 Å². The molecule has 1 amide bonds. The van der Waals surface area contributed by atoms with Crippen molar-refractivity contribution in [2.45, 2.75) is 26.2 Å². The zero-order valence-corrected chi connectivity index (χ0v) is 13.2. The summed E-state index contributed by atoms with van der Waals surface area (Å²) in [6.07, 6.45) is 4.57. The second kappa shape index (κ2) is 8.53. The zero-order chi connectivity index (χ0) is 15.8. The summed E-state index contributed by atoms with van der Waals surface area (Å²) in [4.78, 5) is 11.0. The van der Waals surface area contributed by atoms with E-state index in [-0.39, 0.29) is 11.7 Å². The van der Waals surface area contributed by atoms with Crippen LogP contribution < -0.4 is 10.1 Å². The number of carbonyl (C=O) groups excluding carboxylic acids is 1. The Morgan fingerprint density at radius 3 is 3.00 bits per heavy atom. The smallest absolute Gasteiger partial charge is 0.236 e. The molecule has 1 fully saturated rings. The van der Waals surface area contributed by atoms with Gasteiger partial charge in [-0.25, -0.2) is 4.39 Å². The van der Waals surface area contributed by atoms with Gasteiger partial charge in [0.05, 0.1) is 18.6 Å². The van der Waals surface area contributed by atoms with E-state index in [0.717, 1.165) is 19.3 Å². The first kappa shape index (κ1) is 16.5. The van der Waals surface area contributed by atoms with Gasteiger partial charge in [-0.1, -0.05) is 31.5 Å². The molecule has 7 heteroatoms. The Morgan fingerprint density at radius 1 is 1.41 bits per heavy atom. The maximum absolute atomic E-state index is 13.5. The van der Waals surface area contributed by atoms with Crippen LogP contribution in [-0.2, 0) is 4.79 Å². The van der Waals surface area contributed by atoms with Crippen molar-refractivity contribution in [1.82, 2.24) is 5.32 Å². The summed E-state index contributed by atoms with van der Waals surface area (Å²) in [7, 11) is 0. The number of nitrogens with zero attached hydrogens (tertiary/aromatic N) is 2. The Hall–Kier alpha value is -1.89. The van der Waals surface area contributed by atoms with Gasteiger partial charge in [-0.15, -0.1) is 5.10 Å². The lowest BCUT2D eigenvalue weighted by Gasteiger charge is -2.06. The number of ether oxygens (including phenoxy) is 1. The largest absolute Gasteiger partial charge is 0.493 e. The fourth-order valence-electron chi connectivity index (χ4n) is 1.81. The zero-order valence-electron chi connectivity index (χ0n) is 12.3. The van der Waals surface area contributed by atoms with E-state index in [1.807, 2.05) is 0 Å². The highest BCUT2D eigenvalue weighted by molar-refractivity contribution is 8.15. The van der Waals surface area contributed by atoms with Gasteiger partial charge in [-0.05, 0) is 18.6 Å². The number of hydrogen-bond donors (Lipinski definition) is 1. The van der Waals surface area contributed by atoms with Crippen molar-refractivity contribution in [2.75, 3.05) is 12.4 Å². The molecule has 0 aromatic heterocycles. The quantitative estimate of drug-likeness (QED) is 0.477. The van der Waals surface area contributed by atoms with Gasteiger partial charge in [0, 0.05) is 11.6 Å². The normalized spacial score (nSPS) is 16.5. The number of hydrogen-bond acceptors (Lipinski definition) is 5. The molecule has 1 aliphatic rings.